The van der Waals surface area contributed by atoms with Crippen LogP contribution >= 0.6 is 0 Å². The average Bonchev–Trinajstić information content (AvgIpc) is 2.03. The fourth-order valence-electron chi connectivity index (χ4n) is 1.18. The van der Waals surface area contributed by atoms with Gasteiger partial charge in [0.05, 0.1) is 0 Å². The van der Waals surface area contributed by atoms with Crippen LogP contribution in [-0.2, 0) is 4.79 Å². The molecule has 0 aliphatic rings. The summed E-state index contributed by atoms with van der Waals surface area (Å²) in [6, 6.07) is 0. The van der Waals surface area contributed by atoms with Gasteiger partial charge in [-0.15, -0.1) is 0 Å². The van der Waals surface area contributed by atoms with Crippen molar-refractivity contribution in [2.45, 2.75) is 58.3 Å². The largest absolute Gasteiger partial charge is 2.00 e. The first-order chi connectivity index (χ1) is 5.41. The molecule has 0 rings (SSSR count). The van der Waals surface area contributed by atoms with E-state index in [4.69, 9.17) is 0 Å². The van der Waals surface area contributed by atoms with Crippen molar-refractivity contribution < 1.29 is 7.65 Å². The van der Waals surface area contributed by atoms with Crippen molar-refractivity contribution in [1.29, 1.82) is 0 Å². The third-order valence-corrected chi connectivity index (χ3v) is 1.93. The first-order valence-electron chi connectivity index (χ1n) is 4.85. The molecule has 1 nitrogen and oxygen atoms in total. The summed E-state index contributed by atoms with van der Waals surface area (Å²) >= 11 is 0. The van der Waals surface area contributed by atoms with Gasteiger partial charge in [-0.2, -0.15) is 0 Å². The van der Waals surface area contributed by atoms with Gasteiger partial charge in [0.1, 0.15) is 6.29 Å². The molecule has 0 aliphatic carbocycles. The third-order valence-electron chi connectivity index (χ3n) is 1.93. The monoisotopic (exact) mass is 182 g/mol. The van der Waals surface area contributed by atoms with Crippen LogP contribution in [0.3, 0.4) is 0 Å². The molecule has 70 valence electrons. The molecule has 0 aromatic rings. The first kappa shape index (κ1) is 14.9. The minimum atomic E-state index is 0. The van der Waals surface area contributed by atoms with Gasteiger partial charge < -0.3 is 7.65 Å². The number of carbonyl (C=O) groups is 1. The Bertz CT molecular complexity index is 92.2. The fraction of sp³-hybridized carbons (Fsp3) is 0.900. The number of aldehydes is 1. The molecule has 2 heteroatoms. The van der Waals surface area contributed by atoms with Gasteiger partial charge in [0, 0.05) is 6.42 Å². The van der Waals surface area contributed by atoms with Crippen LogP contribution in [0.25, 0.3) is 0 Å². The van der Waals surface area contributed by atoms with Crippen LogP contribution in [0.15, 0.2) is 0 Å². The van der Waals surface area contributed by atoms with Crippen LogP contribution in [0.4, 0.5) is 0 Å². The van der Waals surface area contributed by atoms with Gasteiger partial charge in [0.25, 0.3) is 0 Å². The van der Waals surface area contributed by atoms with Gasteiger partial charge in [-0.1, -0.05) is 45.4 Å². The van der Waals surface area contributed by atoms with Crippen molar-refractivity contribution >= 4 is 29.3 Å². The second-order valence-corrected chi connectivity index (χ2v) is 3.08. The van der Waals surface area contributed by atoms with Crippen molar-refractivity contribution in [1.82, 2.24) is 0 Å². The predicted molar refractivity (Wildman–Crippen MR) is 56.7 cm³/mol. The van der Waals surface area contributed by atoms with E-state index in [0.717, 1.165) is 19.1 Å². The molecule has 0 bridgehead atoms. The van der Waals surface area contributed by atoms with E-state index in [0.29, 0.717) is 0 Å². The number of hydrogen-bond donors (Lipinski definition) is 0. The SMILES string of the molecule is CCCCCCCCCC=O.[H-].[H-].[Mg+2]. The minimum Gasteiger partial charge on any atom is -1.00 e. The Morgan fingerprint density at radius 3 is 2.00 bits per heavy atom. The third kappa shape index (κ3) is 13.1. The molecule has 0 heterocycles. The van der Waals surface area contributed by atoms with Crippen molar-refractivity contribution in [3.05, 3.63) is 0 Å². The number of rotatable bonds is 8. The van der Waals surface area contributed by atoms with Crippen LogP contribution in [0, 0.1) is 0 Å². The van der Waals surface area contributed by atoms with E-state index in [1.165, 1.54) is 38.5 Å². The summed E-state index contributed by atoms with van der Waals surface area (Å²) in [5.74, 6) is 0. The zero-order chi connectivity index (χ0) is 8.36. The van der Waals surface area contributed by atoms with Gasteiger partial charge in [0.2, 0.25) is 0 Å². The van der Waals surface area contributed by atoms with Crippen molar-refractivity contribution in [2.24, 2.45) is 0 Å². The van der Waals surface area contributed by atoms with E-state index in [1.54, 1.807) is 0 Å². The van der Waals surface area contributed by atoms with E-state index in [2.05, 4.69) is 6.92 Å². The predicted octanol–water partition coefficient (Wildman–Crippen LogP) is 3.17. The standard InChI is InChI=1S/C10H20O.Mg.2H/c1-2-3-4-5-6-7-8-9-10-11;;;/h10H,2-9H2,1H3;;;/q;+2;2*-1. The average molecular weight is 183 g/mol. The van der Waals surface area contributed by atoms with E-state index >= 15 is 0 Å². The molecule has 0 amide bonds. The molecule has 0 saturated heterocycles. The quantitative estimate of drug-likeness (QED) is 0.320. The smallest absolute Gasteiger partial charge is 1.00 e. The Morgan fingerprint density at radius 1 is 1.00 bits per heavy atom. The molecule has 0 aromatic carbocycles. The Balaban J connectivity index is -0.000000167. The number of carbonyl (C=O) groups excluding carboxylic acids is 1. The summed E-state index contributed by atoms with van der Waals surface area (Å²) in [7, 11) is 0. The summed E-state index contributed by atoms with van der Waals surface area (Å²) in [6.45, 7) is 2.23. The maximum Gasteiger partial charge on any atom is 2.00 e. The second-order valence-electron chi connectivity index (χ2n) is 3.08. The van der Waals surface area contributed by atoms with Crippen LogP contribution in [0.5, 0.6) is 0 Å². The summed E-state index contributed by atoms with van der Waals surface area (Å²) in [5.41, 5.74) is 0. The molecule has 0 radical (unpaired) electrons. The van der Waals surface area contributed by atoms with Crippen molar-refractivity contribution in [3.63, 3.8) is 0 Å². The molecular formula is C10H22MgO. The Kier molecular flexibility index (Phi) is 17.4. The van der Waals surface area contributed by atoms with Gasteiger partial charge in [-0.25, -0.2) is 0 Å². The van der Waals surface area contributed by atoms with Crippen LogP contribution in [0.2, 0.25) is 0 Å². The first-order valence-corrected chi connectivity index (χ1v) is 4.85. The maximum atomic E-state index is 9.94. The maximum absolute atomic E-state index is 9.94. The molecule has 0 aliphatic heterocycles. The van der Waals surface area contributed by atoms with E-state index in [-0.39, 0.29) is 25.9 Å². The molecule has 12 heavy (non-hydrogen) atoms. The van der Waals surface area contributed by atoms with Crippen molar-refractivity contribution in [2.75, 3.05) is 0 Å². The van der Waals surface area contributed by atoms with Crippen LogP contribution in [-0.4, -0.2) is 29.3 Å². The van der Waals surface area contributed by atoms with Gasteiger partial charge in [0.15, 0.2) is 0 Å². The van der Waals surface area contributed by atoms with Gasteiger partial charge in [-0.3, -0.25) is 0 Å². The molecular weight excluding hydrogens is 160 g/mol. The molecule has 0 spiro atoms. The van der Waals surface area contributed by atoms with E-state index in [1.807, 2.05) is 0 Å². The summed E-state index contributed by atoms with van der Waals surface area (Å²) in [5, 5.41) is 0. The Labute approximate surface area is 95.4 Å². The number of hydrogen-bond acceptors (Lipinski definition) is 1. The molecule has 0 saturated carbocycles. The summed E-state index contributed by atoms with van der Waals surface area (Å²) in [4.78, 5) is 9.94. The molecule has 0 fully saturated rings. The molecule has 0 N–H and O–H groups in total. The van der Waals surface area contributed by atoms with E-state index < -0.39 is 0 Å². The normalized spacial score (nSPS) is 9.08. The van der Waals surface area contributed by atoms with Gasteiger partial charge in [-0.05, 0) is 6.42 Å². The Morgan fingerprint density at radius 2 is 1.50 bits per heavy atom. The molecule has 0 atom stereocenters. The zero-order valence-corrected chi connectivity index (χ0v) is 9.76. The second kappa shape index (κ2) is 14.0. The summed E-state index contributed by atoms with van der Waals surface area (Å²) < 4.78 is 0. The zero-order valence-electron chi connectivity index (χ0n) is 10.3. The van der Waals surface area contributed by atoms with Crippen LogP contribution in [0.1, 0.15) is 61.1 Å². The molecule has 0 aromatic heterocycles. The fourth-order valence-corrected chi connectivity index (χ4v) is 1.18. The van der Waals surface area contributed by atoms with Gasteiger partial charge >= 0.3 is 23.1 Å². The minimum absolute atomic E-state index is 0. The van der Waals surface area contributed by atoms with Crippen molar-refractivity contribution in [3.8, 4) is 0 Å². The topological polar surface area (TPSA) is 17.1 Å². The van der Waals surface area contributed by atoms with E-state index in [9.17, 15) is 4.79 Å². The Hall–Kier alpha value is 0.436. The summed E-state index contributed by atoms with van der Waals surface area (Å²) in [6.07, 6.45) is 10.8. The van der Waals surface area contributed by atoms with Crippen LogP contribution < -0.4 is 0 Å². The number of unbranched alkanes of at least 4 members (excludes halogenated alkanes) is 7. The molecule has 0 unspecified atom stereocenters.